The van der Waals surface area contributed by atoms with Gasteiger partial charge in [-0.15, -0.1) is 0 Å². The van der Waals surface area contributed by atoms with Crippen molar-refractivity contribution in [1.82, 2.24) is 0 Å². The number of nitrogens with zero attached hydrogens (tertiary/aromatic N) is 1. The maximum absolute atomic E-state index is 13.2. The summed E-state index contributed by atoms with van der Waals surface area (Å²) in [5, 5.41) is 11.8. The highest BCUT2D eigenvalue weighted by Gasteiger charge is 2.20. The molecule has 0 spiro atoms. The maximum Gasteiger partial charge on any atom is 0.338 e. The van der Waals surface area contributed by atoms with Crippen LogP contribution in [0.4, 0.5) is 5.69 Å². The number of nitro groups is 1. The molecule has 0 aromatic heterocycles. The second-order valence-electron chi connectivity index (χ2n) is 12.8. The molecule has 6 aromatic rings. The lowest BCUT2D eigenvalue weighted by molar-refractivity contribution is -0.384. The molecule has 8 rings (SSSR count). The van der Waals surface area contributed by atoms with Gasteiger partial charge in [0.25, 0.3) is 5.69 Å². The molecule has 9 nitrogen and oxygen atoms in total. The zero-order chi connectivity index (χ0) is 36.6. The van der Waals surface area contributed by atoms with Crippen LogP contribution in [0.2, 0.25) is 0 Å². The molecule has 2 aliphatic rings. The van der Waals surface area contributed by atoms with Crippen molar-refractivity contribution < 1.29 is 33.5 Å². The lowest BCUT2D eigenvalue weighted by Crippen LogP contribution is -2.10. The van der Waals surface area contributed by atoms with Crippen molar-refractivity contribution in [1.29, 1.82) is 0 Å². The van der Waals surface area contributed by atoms with Gasteiger partial charge in [-0.3, -0.25) is 10.1 Å². The van der Waals surface area contributed by atoms with Crippen LogP contribution in [0.15, 0.2) is 140 Å². The summed E-state index contributed by atoms with van der Waals surface area (Å²) >= 11 is 0. The molecule has 53 heavy (non-hydrogen) atoms. The highest BCUT2D eigenvalue weighted by atomic mass is 16.6. The van der Waals surface area contributed by atoms with E-state index in [1.54, 1.807) is 0 Å². The van der Waals surface area contributed by atoms with Gasteiger partial charge in [0, 0.05) is 12.1 Å². The van der Waals surface area contributed by atoms with E-state index in [9.17, 15) is 19.7 Å². The van der Waals surface area contributed by atoms with Gasteiger partial charge in [0.1, 0.15) is 13.2 Å². The number of rotatable bonds is 1. The third-order valence-electron chi connectivity index (χ3n) is 8.81. The zero-order valence-corrected chi connectivity index (χ0v) is 28.7. The van der Waals surface area contributed by atoms with E-state index in [4.69, 9.17) is 18.9 Å². The largest absolute Gasteiger partial charge is 0.457 e. The van der Waals surface area contributed by atoms with Crippen molar-refractivity contribution in [3.63, 3.8) is 0 Å². The van der Waals surface area contributed by atoms with E-state index in [0.717, 1.165) is 67.8 Å². The minimum Gasteiger partial charge on any atom is -0.457 e. The van der Waals surface area contributed by atoms with Crippen LogP contribution in [-0.4, -0.2) is 16.9 Å². The number of non-ortho nitro benzene ring substituents is 1. The number of benzene rings is 6. The predicted octanol–water partition coefficient (Wildman–Crippen LogP) is 9.39. The summed E-state index contributed by atoms with van der Waals surface area (Å²) in [5.74, 6) is -1.62. The van der Waals surface area contributed by atoms with E-state index in [0.29, 0.717) is 26.4 Å². The second-order valence-corrected chi connectivity index (χ2v) is 12.8. The standard InChI is InChI=1S/C44H35NO8/c46-43-40-21-41(23-42(22-40)45(48)49)44(47)53-29-35-8-4-12-39(20-35)37-10-2-6-33(18-37)27-51-25-31-15-13-30(14-16-31)24-50-26-32-5-1-9-36(17-32)38-11-3-7-34(19-38)28-52-43/h1-23H,24-29H2. The number of carbonyl (C=O) groups excluding carboxylic acids is 2. The highest BCUT2D eigenvalue weighted by Crippen LogP contribution is 2.26. The number of hydrogen-bond donors (Lipinski definition) is 0. The fraction of sp³-hybridized carbons (Fsp3) is 0.136. The van der Waals surface area contributed by atoms with Gasteiger partial charge in [0.05, 0.1) is 42.5 Å². The number of carbonyl (C=O) groups is 2. The monoisotopic (exact) mass is 705 g/mol. The molecule has 0 atom stereocenters. The van der Waals surface area contributed by atoms with Gasteiger partial charge in [0.2, 0.25) is 0 Å². The highest BCUT2D eigenvalue weighted by molar-refractivity contribution is 5.96. The predicted molar refractivity (Wildman–Crippen MR) is 199 cm³/mol. The molecule has 264 valence electrons. The molecule has 0 aliphatic carbocycles. The number of hydrogen-bond acceptors (Lipinski definition) is 8. The fourth-order valence-electron chi connectivity index (χ4n) is 6.08. The molecule has 0 fully saturated rings. The first kappa shape index (κ1) is 35.0. The zero-order valence-electron chi connectivity index (χ0n) is 28.7. The van der Waals surface area contributed by atoms with Crippen LogP contribution < -0.4 is 0 Å². The molecule has 0 saturated heterocycles. The number of ether oxygens (including phenoxy) is 4. The minimum atomic E-state index is -0.808. The Labute approximate surface area is 306 Å². The van der Waals surface area contributed by atoms with E-state index in [-0.39, 0.29) is 24.3 Å². The van der Waals surface area contributed by atoms with Gasteiger partial charge in [-0.25, -0.2) is 9.59 Å². The van der Waals surface area contributed by atoms with Crippen LogP contribution in [0, 0.1) is 10.1 Å². The van der Waals surface area contributed by atoms with Crippen molar-refractivity contribution in [3.8, 4) is 22.3 Å². The Morgan fingerprint density at radius 2 is 0.736 bits per heavy atom. The number of fused-ring (bicyclic) bond motifs is 10. The first-order valence-electron chi connectivity index (χ1n) is 17.1. The van der Waals surface area contributed by atoms with E-state index < -0.39 is 22.5 Å². The summed E-state index contributed by atoms with van der Waals surface area (Å²) in [7, 11) is 0. The van der Waals surface area contributed by atoms with Crippen LogP contribution in [0.1, 0.15) is 54.1 Å². The van der Waals surface area contributed by atoms with Gasteiger partial charge in [0.15, 0.2) is 0 Å². The molecule has 6 aromatic carbocycles. The van der Waals surface area contributed by atoms with E-state index in [1.807, 2.05) is 84.9 Å². The molecule has 9 heteroatoms. The first-order valence-corrected chi connectivity index (χ1v) is 17.1. The molecule has 2 heterocycles. The average Bonchev–Trinajstić information content (AvgIpc) is 3.19. The Hall–Kier alpha value is -6.42. The number of nitro benzene ring substituents is 1. The minimum absolute atomic E-state index is 0.0812. The normalized spacial score (nSPS) is 14.0. The van der Waals surface area contributed by atoms with Gasteiger partial charge in [-0.1, -0.05) is 97.1 Å². The summed E-state index contributed by atoms with van der Waals surface area (Å²) in [6, 6.07) is 42.9. The first-order chi connectivity index (χ1) is 25.9. The quantitative estimate of drug-likeness (QED) is 0.0945. The van der Waals surface area contributed by atoms with Crippen LogP contribution in [0.3, 0.4) is 0 Å². The van der Waals surface area contributed by atoms with Gasteiger partial charge in [-0.2, -0.15) is 0 Å². The molecule has 2 aliphatic heterocycles. The van der Waals surface area contributed by atoms with Crippen molar-refractivity contribution in [2.24, 2.45) is 0 Å². The second kappa shape index (κ2) is 16.3. The van der Waals surface area contributed by atoms with Crippen molar-refractivity contribution in [2.75, 3.05) is 0 Å². The smallest absolute Gasteiger partial charge is 0.338 e. The van der Waals surface area contributed by atoms with E-state index >= 15 is 0 Å². The molecular weight excluding hydrogens is 670 g/mol. The molecule has 0 amide bonds. The van der Waals surface area contributed by atoms with E-state index in [2.05, 4.69) is 36.4 Å². The fourth-order valence-corrected chi connectivity index (χ4v) is 6.08. The Morgan fingerprint density at radius 3 is 1.09 bits per heavy atom. The lowest BCUT2D eigenvalue weighted by Gasteiger charge is -2.10. The van der Waals surface area contributed by atoms with Crippen molar-refractivity contribution >= 4 is 17.6 Å². The van der Waals surface area contributed by atoms with Crippen molar-refractivity contribution in [3.05, 3.63) is 194 Å². The van der Waals surface area contributed by atoms with Crippen LogP contribution in [0.5, 0.6) is 0 Å². The summed E-state index contributed by atoms with van der Waals surface area (Å²) in [6.07, 6.45) is 0. The molecule has 0 unspecified atom stereocenters. The lowest BCUT2D eigenvalue weighted by atomic mass is 10.0. The SMILES string of the molecule is O=C1OCc2cccc(c2)-c2cccc(c2)COCc2ccc(cc2)COCc2cccc(c2)-c2cccc(c2)COC(=O)c2cc1cc([N+](=O)[O-])c2. The molecule has 0 radical (unpaired) electrons. The Bertz CT molecular complexity index is 2130. The van der Waals surface area contributed by atoms with Crippen molar-refractivity contribution in [2.45, 2.75) is 39.6 Å². The summed E-state index contributed by atoms with van der Waals surface area (Å²) in [6.45, 7) is 1.62. The summed E-state index contributed by atoms with van der Waals surface area (Å²) < 4.78 is 23.2. The van der Waals surface area contributed by atoms with Gasteiger partial charge in [-0.05, 0) is 86.0 Å². The maximum atomic E-state index is 13.2. The Kier molecular flexibility index (Phi) is 10.8. The van der Waals surface area contributed by atoms with Gasteiger partial charge >= 0.3 is 11.9 Å². The van der Waals surface area contributed by atoms with Crippen LogP contribution in [0.25, 0.3) is 22.3 Å². The third kappa shape index (κ3) is 9.09. The summed E-state index contributed by atoms with van der Waals surface area (Å²) in [4.78, 5) is 37.4. The molecule has 12 bridgehead atoms. The molecule has 0 N–H and O–H groups in total. The van der Waals surface area contributed by atoms with Crippen LogP contribution >= 0.6 is 0 Å². The van der Waals surface area contributed by atoms with Gasteiger partial charge < -0.3 is 18.9 Å². The topological polar surface area (TPSA) is 114 Å². The average molecular weight is 706 g/mol. The number of esters is 2. The Morgan fingerprint density at radius 1 is 0.396 bits per heavy atom. The summed E-state index contributed by atoms with van der Waals surface area (Å²) in [5.41, 5.74) is 8.69. The molecular formula is C44H35NO8. The Balaban J connectivity index is 1.15. The van der Waals surface area contributed by atoms with E-state index in [1.165, 1.54) is 6.07 Å². The van der Waals surface area contributed by atoms with Crippen LogP contribution in [-0.2, 0) is 58.6 Å². The molecule has 0 saturated carbocycles. The third-order valence-corrected chi connectivity index (χ3v) is 8.81.